The van der Waals surface area contributed by atoms with E-state index in [9.17, 15) is 19.2 Å². The first kappa shape index (κ1) is 49.5. The molecule has 12 nitrogen and oxygen atoms in total. The van der Waals surface area contributed by atoms with E-state index in [0.717, 1.165) is 48.1 Å². The van der Waals surface area contributed by atoms with E-state index < -0.39 is 30.2 Å². The van der Waals surface area contributed by atoms with Crippen molar-refractivity contribution in [3.05, 3.63) is 108 Å². The molecule has 0 saturated heterocycles. The average Bonchev–Trinajstić information content (AvgIpc) is 3.27. The Balaban J connectivity index is 1.54. The summed E-state index contributed by atoms with van der Waals surface area (Å²) >= 11 is 0. The van der Waals surface area contributed by atoms with Crippen LogP contribution in [-0.2, 0) is 36.6 Å². The summed E-state index contributed by atoms with van der Waals surface area (Å²) in [5, 5.41) is 2.75. The van der Waals surface area contributed by atoms with Gasteiger partial charge in [-0.25, -0.2) is 19.3 Å². The molecule has 338 valence electrons. The van der Waals surface area contributed by atoms with Gasteiger partial charge in [0.1, 0.15) is 34.8 Å². The highest BCUT2D eigenvalue weighted by molar-refractivity contribution is 5.96. The zero-order valence-electron chi connectivity index (χ0n) is 37.8. The highest BCUT2D eigenvalue weighted by Crippen LogP contribution is 2.30. The number of nitrogens with one attached hydrogen (secondary N) is 1. The van der Waals surface area contributed by atoms with E-state index >= 15 is 0 Å². The zero-order valence-corrected chi connectivity index (χ0v) is 37.8. The molecule has 4 rings (SSSR count). The van der Waals surface area contributed by atoms with Gasteiger partial charge in [-0.05, 0) is 67.2 Å². The largest absolute Gasteiger partial charge is 0.496 e. The van der Waals surface area contributed by atoms with E-state index in [-0.39, 0.29) is 49.2 Å². The number of carbonyl (C=O) groups excluding carboxylic acids is 4. The van der Waals surface area contributed by atoms with Crippen LogP contribution in [0.25, 0.3) is 0 Å². The van der Waals surface area contributed by atoms with Crippen molar-refractivity contribution in [1.82, 2.24) is 10.2 Å². The average molecular weight is 857 g/mol. The first-order chi connectivity index (χ1) is 30.0. The molecule has 2 aliphatic rings. The lowest BCUT2D eigenvalue weighted by Crippen LogP contribution is -2.38. The second-order valence-corrected chi connectivity index (χ2v) is 16.1. The van der Waals surface area contributed by atoms with Gasteiger partial charge < -0.3 is 33.7 Å². The molecule has 12 heteroatoms. The van der Waals surface area contributed by atoms with Gasteiger partial charge in [0.15, 0.2) is 0 Å². The van der Waals surface area contributed by atoms with Crippen LogP contribution >= 0.6 is 0 Å². The van der Waals surface area contributed by atoms with E-state index in [4.69, 9.17) is 28.4 Å². The number of hydrogen-bond acceptors (Lipinski definition) is 10. The maximum Gasteiger partial charge on any atom is 0.342 e. The maximum absolute atomic E-state index is 13.8. The van der Waals surface area contributed by atoms with Gasteiger partial charge in [0.25, 0.3) is 0 Å². The topological polar surface area (TPSA) is 139 Å². The lowest BCUT2D eigenvalue weighted by molar-refractivity contribution is -0.126. The fourth-order valence-corrected chi connectivity index (χ4v) is 7.91. The second-order valence-electron chi connectivity index (χ2n) is 16.1. The van der Waals surface area contributed by atoms with Crippen molar-refractivity contribution in [2.75, 3.05) is 28.4 Å². The van der Waals surface area contributed by atoms with Crippen molar-refractivity contribution in [2.24, 2.45) is 11.8 Å². The van der Waals surface area contributed by atoms with Gasteiger partial charge in [-0.2, -0.15) is 0 Å². The quantitative estimate of drug-likeness (QED) is 0.105. The van der Waals surface area contributed by atoms with Crippen LogP contribution in [0, 0.1) is 11.8 Å². The Labute approximate surface area is 368 Å². The summed E-state index contributed by atoms with van der Waals surface area (Å²) in [6.45, 7) is 6.30. The number of urea groups is 1. The number of cyclic esters (lactones) is 2. The summed E-state index contributed by atoms with van der Waals surface area (Å²) in [6.07, 6.45) is 20.7. The van der Waals surface area contributed by atoms with Gasteiger partial charge in [-0.15, -0.1) is 0 Å². The third-order valence-electron chi connectivity index (χ3n) is 11.6. The summed E-state index contributed by atoms with van der Waals surface area (Å²) in [7, 11) is 6.35. The molecule has 0 aromatic heterocycles. The summed E-state index contributed by atoms with van der Waals surface area (Å²) < 4.78 is 35.2. The highest BCUT2D eigenvalue weighted by Gasteiger charge is 2.29. The van der Waals surface area contributed by atoms with Crippen molar-refractivity contribution in [2.45, 2.75) is 129 Å². The zero-order chi connectivity index (χ0) is 44.9. The van der Waals surface area contributed by atoms with Crippen molar-refractivity contribution in [1.29, 1.82) is 0 Å². The number of fused-ring (bicyclic) bond motifs is 2. The number of carbonyl (C=O) groups is 4. The first-order valence-corrected chi connectivity index (χ1v) is 22.1. The molecule has 2 heterocycles. The normalized spacial score (nSPS) is 23.5. The SMILES string of the molecule is CCCCCCC(=O)N(/C=C/CC1C[C@@H](OC)[C@@H](C)C/C=C/Cc2cccc(OC)c2C(=O)O1)C(=O)N/C=C/C[C@H]1C[C@@H](OC)[C@@H](C)C/C=C/Cc2cccc(OC)c2C(=O)O1. The molecule has 0 spiro atoms. The Bertz CT molecular complexity index is 1890. The minimum absolute atomic E-state index is 0.137. The molecular weight excluding hydrogens is 789 g/mol. The van der Waals surface area contributed by atoms with Crippen LogP contribution in [0.2, 0.25) is 0 Å². The van der Waals surface area contributed by atoms with Gasteiger partial charge in [-0.3, -0.25) is 4.79 Å². The molecule has 2 aliphatic heterocycles. The Hall–Kier alpha value is -5.20. The van der Waals surface area contributed by atoms with Crippen molar-refractivity contribution >= 4 is 23.9 Å². The molecule has 1 N–H and O–H groups in total. The Morgan fingerprint density at radius 1 is 0.726 bits per heavy atom. The summed E-state index contributed by atoms with van der Waals surface area (Å²) in [6, 6.07) is 10.3. The van der Waals surface area contributed by atoms with E-state index in [2.05, 4.69) is 44.3 Å². The van der Waals surface area contributed by atoms with Gasteiger partial charge in [0.05, 0.1) is 26.4 Å². The number of amides is 3. The van der Waals surface area contributed by atoms with E-state index in [1.807, 2.05) is 30.3 Å². The molecule has 0 bridgehead atoms. The molecule has 3 amide bonds. The number of imide groups is 1. The molecule has 1 unspecified atom stereocenters. The smallest absolute Gasteiger partial charge is 0.342 e. The number of methoxy groups -OCH3 is 4. The molecule has 0 fully saturated rings. The van der Waals surface area contributed by atoms with E-state index in [1.165, 1.54) is 26.6 Å². The maximum atomic E-state index is 13.8. The Kier molecular flexibility index (Phi) is 21.0. The predicted molar refractivity (Wildman–Crippen MR) is 240 cm³/mol. The number of nitrogens with zero attached hydrogens (tertiary/aromatic N) is 1. The third-order valence-corrected chi connectivity index (χ3v) is 11.6. The highest BCUT2D eigenvalue weighted by atomic mass is 16.6. The fraction of sp³-hybridized carbons (Fsp3) is 0.520. The van der Waals surface area contributed by atoms with Gasteiger partial charge in [0, 0.05) is 58.7 Å². The van der Waals surface area contributed by atoms with Crippen LogP contribution in [0.5, 0.6) is 11.5 Å². The standard InChI is InChI=1S/C50H68N2O10/c1-8-9-10-11-30-45(53)52(32-19-27-40-34-44(60-7)36(3)21-13-15-23-38-25-17-29-42(58-5)47(38)49(55)62-40)50(56)51-31-18-26-39-33-43(59-6)35(2)20-12-14-22-37-24-16-28-41(57-4)46(37)48(54)61-39/h12-19,24-25,28-29,31-32,35-36,39-40,43-44H,8-11,20-23,26-27,30,33-34H2,1-7H3,(H,51,56)/b14-12+,15-13+,31-18+,32-19+/t35-,36-,39-,40?,43+,44+/m0/s1. The molecular formula is C50H68N2O10. The number of allylic oxidation sites excluding steroid dienone is 4. The lowest BCUT2D eigenvalue weighted by atomic mass is 9.93. The summed E-state index contributed by atoms with van der Waals surface area (Å²) in [4.78, 5) is 56.0. The van der Waals surface area contributed by atoms with Gasteiger partial charge >= 0.3 is 18.0 Å². The number of hydrogen-bond donors (Lipinski definition) is 1. The fourth-order valence-electron chi connectivity index (χ4n) is 7.91. The number of ether oxygens (including phenoxy) is 6. The third kappa shape index (κ3) is 14.7. The Morgan fingerprint density at radius 3 is 1.73 bits per heavy atom. The van der Waals surface area contributed by atoms with Crippen LogP contribution in [0.1, 0.15) is 123 Å². The molecule has 62 heavy (non-hydrogen) atoms. The van der Waals surface area contributed by atoms with Crippen molar-refractivity contribution in [3.8, 4) is 11.5 Å². The molecule has 0 radical (unpaired) electrons. The minimum atomic E-state index is -0.646. The van der Waals surface area contributed by atoms with E-state index in [0.29, 0.717) is 54.7 Å². The summed E-state index contributed by atoms with van der Waals surface area (Å²) in [5.41, 5.74) is 2.34. The second kappa shape index (κ2) is 26.3. The number of benzene rings is 2. The number of unbranched alkanes of at least 4 members (excludes halogenated alkanes) is 3. The van der Waals surface area contributed by atoms with Crippen LogP contribution < -0.4 is 14.8 Å². The van der Waals surface area contributed by atoms with Crippen LogP contribution in [0.15, 0.2) is 85.3 Å². The predicted octanol–water partition coefficient (Wildman–Crippen LogP) is 9.86. The molecule has 2 aromatic rings. The van der Waals surface area contributed by atoms with Crippen LogP contribution in [-0.4, -0.2) is 81.6 Å². The molecule has 0 saturated carbocycles. The monoisotopic (exact) mass is 856 g/mol. The summed E-state index contributed by atoms with van der Waals surface area (Å²) in [5.74, 6) is -0.226. The van der Waals surface area contributed by atoms with Gasteiger partial charge in [0.2, 0.25) is 5.91 Å². The number of esters is 2. The molecule has 0 aliphatic carbocycles. The number of rotatable bonds is 15. The van der Waals surface area contributed by atoms with Gasteiger partial charge in [-0.1, -0.05) is 101 Å². The lowest BCUT2D eigenvalue weighted by Gasteiger charge is -2.27. The van der Waals surface area contributed by atoms with E-state index in [1.54, 1.807) is 38.5 Å². The first-order valence-electron chi connectivity index (χ1n) is 22.1. The Morgan fingerprint density at radius 2 is 1.24 bits per heavy atom. The van der Waals surface area contributed by atoms with Crippen molar-refractivity contribution < 1.29 is 47.6 Å². The van der Waals surface area contributed by atoms with Crippen molar-refractivity contribution in [3.63, 3.8) is 0 Å². The van der Waals surface area contributed by atoms with Crippen LogP contribution in [0.4, 0.5) is 4.79 Å². The minimum Gasteiger partial charge on any atom is -0.496 e. The van der Waals surface area contributed by atoms with Crippen LogP contribution in [0.3, 0.4) is 0 Å². The molecule has 6 atom stereocenters. The molecule has 2 aromatic carbocycles.